The summed E-state index contributed by atoms with van der Waals surface area (Å²) < 4.78 is 5.21. The minimum absolute atomic E-state index is 0.0301. The van der Waals surface area contributed by atoms with Crippen molar-refractivity contribution in [1.82, 2.24) is 0 Å². The first-order chi connectivity index (χ1) is 9.34. The highest BCUT2D eigenvalue weighted by Crippen LogP contribution is 2.38. The van der Waals surface area contributed by atoms with Crippen molar-refractivity contribution < 1.29 is 19.4 Å². The van der Waals surface area contributed by atoms with Crippen molar-refractivity contribution in [2.45, 2.75) is 59.3 Å². The SMILES string of the molecule is CC(=O)Oc1c(C(=O)O)cc(C(C)(C)C)cc1C(C)(C)C. The van der Waals surface area contributed by atoms with Crippen LogP contribution in [0.4, 0.5) is 0 Å². The minimum Gasteiger partial charge on any atom is -0.478 e. The maximum Gasteiger partial charge on any atom is 0.339 e. The van der Waals surface area contributed by atoms with Gasteiger partial charge in [-0.05, 0) is 22.5 Å². The Hall–Kier alpha value is -1.84. The molecule has 0 heterocycles. The van der Waals surface area contributed by atoms with Crippen molar-refractivity contribution in [1.29, 1.82) is 0 Å². The molecule has 0 aliphatic rings. The quantitative estimate of drug-likeness (QED) is 0.663. The lowest BCUT2D eigenvalue weighted by atomic mass is 9.79. The van der Waals surface area contributed by atoms with Gasteiger partial charge in [-0.3, -0.25) is 4.79 Å². The van der Waals surface area contributed by atoms with Crippen LogP contribution in [0.3, 0.4) is 0 Å². The largest absolute Gasteiger partial charge is 0.478 e. The molecule has 0 spiro atoms. The van der Waals surface area contributed by atoms with E-state index in [2.05, 4.69) is 0 Å². The van der Waals surface area contributed by atoms with E-state index in [9.17, 15) is 14.7 Å². The zero-order valence-corrected chi connectivity index (χ0v) is 13.8. The van der Waals surface area contributed by atoms with Gasteiger partial charge in [-0.2, -0.15) is 0 Å². The predicted octanol–water partition coefficient (Wildman–Crippen LogP) is 3.91. The smallest absolute Gasteiger partial charge is 0.339 e. The normalized spacial score (nSPS) is 12.1. The second kappa shape index (κ2) is 5.51. The molecule has 1 rings (SSSR count). The van der Waals surface area contributed by atoms with Crippen molar-refractivity contribution in [2.24, 2.45) is 0 Å². The number of aromatic carboxylic acids is 1. The Morgan fingerprint density at radius 1 is 1.00 bits per heavy atom. The lowest BCUT2D eigenvalue weighted by Gasteiger charge is -2.28. The molecule has 21 heavy (non-hydrogen) atoms. The first-order valence-corrected chi connectivity index (χ1v) is 6.94. The van der Waals surface area contributed by atoms with Crippen LogP contribution in [0.2, 0.25) is 0 Å². The van der Waals surface area contributed by atoms with Gasteiger partial charge in [0.05, 0.1) is 0 Å². The van der Waals surface area contributed by atoms with Crippen LogP contribution in [0.1, 0.15) is 70.0 Å². The zero-order valence-electron chi connectivity index (χ0n) is 13.8. The van der Waals surface area contributed by atoms with E-state index in [1.165, 1.54) is 6.92 Å². The van der Waals surface area contributed by atoms with Gasteiger partial charge in [-0.1, -0.05) is 47.6 Å². The first kappa shape index (κ1) is 17.2. The fourth-order valence-corrected chi connectivity index (χ4v) is 2.03. The second-order valence-electron chi connectivity index (χ2n) is 7.30. The summed E-state index contributed by atoms with van der Waals surface area (Å²) in [4.78, 5) is 22.9. The Labute approximate surface area is 126 Å². The van der Waals surface area contributed by atoms with E-state index >= 15 is 0 Å². The molecule has 4 heteroatoms. The number of benzene rings is 1. The molecule has 0 aliphatic heterocycles. The van der Waals surface area contributed by atoms with Crippen molar-refractivity contribution >= 4 is 11.9 Å². The van der Waals surface area contributed by atoms with Crippen molar-refractivity contribution in [3.63, 3.8) is 0 Å². The lowest BCUT2D eigenvalue weighted by molar-refractivity contribution is -0.131. The molecule has 0 bridgehead atoms. The molecule has 1 aromatic carbocycles. The Morgan fingerprint density at radius 2 is 1.52 bits per heavy atom. The Balaban J connectivity index is 3.74. The van der Waals surface area contributed by atoms with Gasteiger partial charge in [0, 0.05) is 12.5 Å². The van der Waals surface area contributed by atoms with E-state index in [4.69, 9.17) is 4.74 Å². The molecule has 0 saturated carbocycles. The molecule has 0 aromatic heterocycles. The van der Waals surface area contributed by atoms with E-state index in [0.29, 0.717) is 0 Å². The molecule has 0 fully saturated rings. The molecule has 0 aliphatic carbocycles. The maximum absolute atomic E-state index is 11.6. The van der Waals surface area contributed by atoms with Gasteiger partial charge >= 0.3 is 11.9 Å². The van der Waals surface area contributed by atoms with E-state index in [1.807, 2.05) is 47.6 Å². The standard InChI is InChI=1S/C17H24O4/c1-10(18)21-14-12(15(19)20)8-11(16(2,3)4)9-13(14)17(5,6)7/h8-9H,1-7H3,(H,19,20). The number of carboxylic acid groups (broad SMARTS) is 1. The number of carbonyl (C=O) groups excluding carboxylic acids is 1. The van der Waals surface area contributed by atoms with Crippen molar-refractivity contribution in [3.8, 4) is 5.75 Å². The fourth-order valence-electron chi connectivity index (χ4n) is 2.03. The highest BCUT2D eigenvalue weighted by atomic mass is 16.5. The third-order valence-corrected chi connectivity index (χ3v) is 3.24. The number of carbonyl (C=O) groups is 2. The topological polar surface area (TPSA) is 63.6 Å². The van der Waals surface area contributed by atoms with Crippen LogP contribution in [0, 0.1) is 0 Å². The molecule has 116 valence electrons. The Kier molecular flexibility index (Phi) is 4.51. The van der Waals surface area contributed by atoms with Crippen LogP contribution in [0.15, 0.2) is 12.1 Å². The van der Waals surface area contributed by atoms with Gasteiger partial charge in [0.2, 0.25) is 0 Å². The van der Waals surface area contributed by atoms with E-state index in [1.54, 1.807) is 6.07 Å². The summed E-state index contributed by atoms with van der Waals surface area (Å²) in [5.74, 6) is -1.47. The number of hydrogen-bond acceptors (Lipinski definition) is 3. The highest BCUT2D eigenvalue weighted by molar-refractivity contribution is 5.93. The first-order valence-electron chi connectivity index (χ1n) is 6.94. The summed E-state index contributed by atoms with van der Waals surface area (Å²) in [5.41, 5.74) is 1.13. The van der Waals surface area contributed by atoms with Crippen LogP contribution in [0.5, 0.6) is 5.75 Å². The molecular formula is C17H24O4. The molecule has 1 aromatic rings. The summed E-state index contributed by atoms with van der Waals surface area (Å²) >= 11 is 0. The van der Waals surface area contributed by atoms with Gasteiger partial charge < -0.3 is 9.84 Å². The predicted molar refractivity (Wildman–Crippen MR) is 82.1 cm³/mol. The Morgan fingerprint density at radius 3 is 1.86 bits per heavy atom. The van der Waals surface area contributed by atoms with Crippen LogP contribution in [-0.4, -0.2) is 17.0 Å². The third kappa shape index (κ3) is 4.06. The van der Waals surface area contributed by atoms with Gasteiger partial charge in [-0.25, -0.2) is 4.79 Å². The van der Waals surface area contributed by atoms with E-state index < -0.39 is 11.9 Å². The van der Waals surface area contributed by atoms with Crippen molar-refractivity contribution in [3.05, 3.63) is 28.8 Å². The van der Waals surface area contributed by atoms with Gasteiger partial charge in [-0.15, -0.1) is 0 Å². The van der Waals surface area contributed by atoms with Crippen LogP contribution < -0.4 is 4.74 Å². The zero-order chi connectivity index (χ0) is 16.6. The number of ether oxygens (including phenoxy) is 1. The molecular weight excluding hydrogens is 268 g/mol. The van der Waals surface area contributed by atoms with Gasteiger partial charge in [0.25, 0.3) is 0 Å². The van der Waals surface area contributed by atoms with Crippen LogP contribution in [-0.2, 0) is 15.6 Å². The summed E-state index contributed by atoms with van der Waals surface area (Å²) in [6.45, 7) is 13.2. The molecule has 1 N–H and O–H groups in total. The highest BCUT2D eigenvalue weighted by Gasteiger charge is 2.28. The Bertz CT molecular complexity index is 572. The van der Waals surface area contributed by atoms with Gasteiger partial charge in [0.15, 0.2) is 0 Å². The molecule has 0 amide bonds. The molecule has 0 unspecified atom stereocenters. The van der Waals surface area contributed by atoms with Crippen LogP contribution in [0.25, 0.3) is 0 Å². The third-order valence-electron chi connectivity index (χ3n) is 3.24. The summed E-state index contributed by atoms with van der Waals surface area (Å²) in [5, 5.41) is 9.47. The number of esters is 1. The summed E-state index contributed by atoms with van der Waals surface area (Å²) in [7, 11) is 0. The van der Waals surface area contributed by atoms with E-state index in [-0.39, 0.29) is 22.1 Å². The van der Waals surface area contributed by atoms with Crippen molar-refractivity contribution in [2.75, 3.05) is 0 Å². The monoisotopic (exact) mass is 292 g/mol. The van der Waals surface area contributed by atoms with E-state index in [0.717, 1.165) is 11.1 Å². The summed E-state index contributed by atoms with van der Waals surface area (Å²) in [6.07, 6.45) is 0. The molecule has 0 saturated heterocycles. The van der Waals surface area contributed by atoms with Crippen LogP contribution >= 0.6 is 0 Å². The molecule has 0 radical (unpaired) electrons. The van der Waals surface area contributed by atoms with Gasteiger partial charge in [0.1, 0.15) is 11.3 Å². The number of carboxylic acids is 1. The lowest BCUT2D eigenvalue weighted by Crippen LogP contribution is -2.21. The summed E-state index contributed by atoms with van der Waals surface area (Å²) in [6, 6.07) is 3.53. The number of rotatable bonds is 2. The second-order valence-corrected chi connectivity index (χ2v) is 7.30. The average molecular weight is 292 g/mol. The minimum atomic E-state index is -1.09. The fraction of sp³-hybridized carbons (Fsp3) is 0.529. The molecule has 0 atom stereocenters. The number of hydrogen-bond donors (Lipinski definition) is 1. The average Bonchev–Trinajstić information content (AvgIpc) is 2.24. The maximum atomic E-state index is 11.6. The molecule has 4 nitrogen and oxygen atoms in total.